The van der Waals surface area contributed by atoms with E-state index in [0.717, 1.165) is 19.3 Å². The van der Waals surface area contributed by atoms with Gasteiger partial charge in [0.05, 0.1) is 6.61 Å². The fraction of sp³-hybridized carbons (Fsp3) is 0.964. The standard InChI is InChI=1S/C28H52O12/c1-2-3-4-5-6-7-8-9-10-11-12-13-14-15-21(31)37-17-20-23(33)26(36)28(18-30,39-20)40-27-25(35)24(34)22(32)19(16-29)38-27/h19-20,22-27,29-30,32-36H,2-18H2,1H3/t19-,20+,22+,23+,24+,25+,26-,27-,28-/m1/s1. The highest BCUT2D eigenvalue weighted by atomic mass is 16.8. The van der Waals surface area contributed by atoms with Gasteiger partial charge in [0.15, 0.2) is 6.29 Å². The van der Waals surface area contributed by atoms with Crippen molar-refractivity contribution in [1.82, 2.24) is 0 Å². The molecule has 2 fully saturated rings. The fourth-order valence-electron chi connectivity index (χ4n) is 5.15. The summed E-state index contributed by atoms with van der Waals surface area (Å²) in [5.41, 5.74) is 0. The van der Waals surface area contributed by atoms with Crippen molar-refractivity contribution in [3.05, 3.63) is 0 Å². The minimum Gasteiger partial charge on any atom is -0.463 e. The highest BCUT2D eigenvalue weighted by molar-refractivity contribution is 5.69. The molecule has 0 bridgehead atoms. The van der Waals surface area contributed by atoms with Crippen LogP contribution in [0.1, 0.15) is 96.8 Å². The highest BCUT2D eigenvalue weighted by Crippen LogP contribution is 2.36. The van der Waals surface area contributed by atoms with E-state index >= 15 is 0 Å². The zero-order valence-electron chi connectivity index (χ0n) is 23.8. The summed E-state index contributed by atoms with van der Waals surface area (Å²) in [6.07, 6.45) is 2.77. The van der Waals surface area contributed by atoms with Gasteiger partial charge in [-0.2, -0.15) is 0 Å². The first-order chi connectivity index (χ1) is 19.2. The Kier molecular flexibility index (Phi) is 16.4. The molecule has 9 atom stereocenters. The van der Waals surface area contributed by atoms with E-state index in [1.807, 2.05) is 0 Å². The van der Waals surface area contributed by atoms with Crippen molar-refractivity contribution in [2.75, 3.05) is 19.8 Å². The number of carbonyl (C=O) groups excluding carboxylic acids is 1. The molecular weight excluding hydrogens is 528 g/mol. The monoisotopic (exact) mass is 580 g/mol. The van der Waals surface area contributed by atoms with Crippen LogP contribution >= 0.6 is 0 Å². The van der Waals surface area contributed by atoms with Crippen LogP contribution in [-0.2, 0) is 23.7 Å². The zero-order chi connectivity index (χ0) is 29.5. The van der Waals surface area contributed by atoms with Gasteiger partial charge in [-0.25, -0.2) is 0 Å². The topological polar surface area (TPSA) is 196 Å². The molecule has 0 saturated carbocycles. The molecule has 0 spiro atoms. The first kappa shape index (κ1) is 35.3. The molecule has 0 aromatic carbocycles. The summed E-state index contributed by atoms with van der Waals surface area (Å²) in [5.74, 6) is -2.76. The summed E-state index contributed by atoms with van der Waals surface area (Å²) < 4.78 is 21.4. The van der Waals surface area contributed by atoms with E-state index in [2.05, 4.69) is 6.92 Å². The molecule has 236 valence electrons. The Balaban J connectivity index is 1.65. The van der Waals surface area contributed by atoms with Gasteiger partial charge in [0.25, 0.3) is 0 Å². The van der Waals surface area contributed by atoms with Gasteiger partial charge in [-0.05, 0) is 6.42 Å². The quantitative estimate of drug-likeness (QED) is 0.0785. The fourth-order valence-corrected chi connectivity index (χ4v) is 5.15. The summed E-state index contributed by atoms with van der Waals surface area (Å²) in [4.78, 5) is 12.2. The summed E-state index contributed by atoms with van der Waals surface area (Å²) in [6, 6.07) is 0. The lowest BCUT2D eigenvalue weighted by atomic mass is 9.99. The summed E-state index contributed by atoms with van der Waals surface area (Å²) >= 11 is 0. The van der Waals surface area contributed by atoms with E-state index < -0.39 is 80.6 Å². The van der Waals surface area contributed by atoms with Gasteiger partial charge >= 0.3 is 5.97 Å². The zero-order valence-corrected chi connectivity index (χ0v) is 23.8. The van der Waals surface area contributed by atoms with Crippen molar-refractivity contribution in [3.8, 4) is 0 Å². The van der Waals surface area contributed by atoms with Crippen LogP contribution in [0.4, 0.5) is 0 Å². The van der Waals surface area contributed by atoms with Gasteiger partial charge in [0.1, 0.15) is 55.9 Å². The van der Waals surface area contributed by atoms with Crippen LogP contribution in [0.3, 0.4) is 0 Å². The molecule has 0 amide bonds. The summed E-state index contributed by atoms with van der Waals surface area (Å²) in [6.45, 7) is 0.129. The Labute approximate surface area is 237 Å². The average molecular weight is 581 g/mol. The molecule has 0 aromatic rings. The van der Waals surface area contributed by atoms with E-state index in [4.69, 9.17) is 18.9 Å². The van der Waals surface area contributed by atoms with Gasteiger partial charge in [-0.1, -0.05) is 84.0 Å². The lowest BCUT2D eigenvalue weighted by Crippen LogP contribution is -2.62. The van der Waals surface area contributed by atoms with Crippen LogP contribution in [0.2, 0.25) is 0 Å². The number of rotatable bonds is 20. The van der Waals surface area contributed by atoms with E-state index in [-0.39, 0.29) is 6.42 Å². The minimum absolute atomic E-state index is 0.204. The molecule has 2 saturated heterocycles. The highest BCUT2D eigenvalue weighted by Gasteiger charge is 2.58. The number of esters is 1. The molecule has 2 rings (SSSR count). The molecule has 40 heavy (non-hydrogen) atoms. The summed E-state index contributed by atoms with van der Waals surface area (Å²) in [5, 5.41) is 70.3. The lowest BCUT2D eigenvalue weighted by Gasteiger charge is -2.43. The molecule has 12 heteroatoms. The maximum atomic E-state index is 12.2. The Hall–Kier alpha value is -0.930. The Morgan fingerprint density at radius 1 is 0.725 bits per heavy atom. The number of hydrogen-bond acceptors (Lipinski definition) is 12. The van der Waals surface area contributed by atoms with Crippen molar-refractivity contribution in [3.63, 3.8) is 0 Å². The number of unbranched alkanes of at least 4 members (excludes halogenated alkanes) is 12. The van der Waals surface area contributed by atoms with Crippen molar-refractivity contribution in [1.29, 1.82) is 0 Å². The second-order valence-corrected chi connectivity index (χ2v) is 11.1. The number of aliphatic hydroxyl groups excluding tert-OH is 7. The normalized spacial score (nSPS) is 34.3. The van der Waals surface area contributed by atoms with E-state index in [0.29, 0.717) is 6.42 Å². The van der Waals surface area contributed by atoms with Crippen molar-refractivity contribution < 1.29 is 59.5 Å². The van der Waals surface area contributed by atoms with E-state index in [9.17, 15) is 40.5 Å². The second-order valence-electron chi connectivity index (χ2n) is 11.1. The molecule has 2 aliphatic rings. The predicted octanol–water partition coefficient (Wildman–Crippen LogP) is 0.637. The molecule has 0 aliphatic carbocycles. The van der Waals surface area contributed by atoms with Crippen LogP contribution in [0.25, 0.3) is 0 Å². The Bertz CT molecular complexity index is 694. The van der Waals surface area contributed by atoms with Gasteiger partial charge < -0.3 is 54.7 Å². The third-order valence-electron chi connectivity index (χ3n) is 7.78. The maximum Gasteiger partial charge on any atom is 0.305 e. The SMILES string of the molecule is CCCCCCCCCCCCCCCC(=O)OC[C@@H]1O[C@](CO)(O[C@H]2O[C@H](CO)[C@H](O)[C@H](O)[C@@H]2O)[C@H](O)[C@H]1O. The molecule has 2 aliphatic heterocycles. The minimum atomic E-state index is -2.28. The van der Waals surface area contributed by atoms with Gasteiger partial charge in [0, 0.05) is 6.42 Å². The van der Waals surface area contributed by atoms with E-state index in [1.54, 1.807) is 0 Å². The first-order valence-electron chi connectivity index (χ1n) is 15.0. The first-order valence-corrected chi connectivity index (χ1v) is 15.0. The predicted molar refractivity (Wildman–Crippen MR) is 143 cm³/mol. The molecule has 0 radical (unpaired) electrons. The van der Waals surface area contributed by atoms with Crippen LogP contribution in [-0.4, -0.2) is 116 Å². The smallest absolute Gasteiger partial charge is 0.305 e. The maximum absolute atomic E-state index is 12.2. The molecule has 12 nitrogen and oxygen atoms in total. The molecule has 0 unspecified atom stereocenters. The second kappa shape index (κ2) is 18.6. The Morgan fingerprint density at radius 2 is 1.27 bits per heavy atom. The van der Waals surface area contributed by atoms with Crippen LogP contribution in [0.15, 0.2) is 0 Å². The number of aliphatic hydroxyl groups is 7. The third-order valence-corrected chi connectivity index (χ3v) is 7.78. The van der Waals surface area contributed by atoms with Crippen molar-refractivity contribution >= 4 is 5.97 Å². The molecular formula is C28H52O12. The van der Waals surface area contributed by atoms with E-state index in [1.165, 1.54) is 57.8 Å². The average Bonchev–Trinajstić information content (AvgIpc) is 3.19. The third kappa shape index (κ3) is 10.4. The van der Waals surface area contributed by atoms with Gasteiger partial charge in [0.2, 0.25) is 5.79 Å². The largest absolute Gasteiger partial charge is 0.463 e. The van der Waals surface area contributed by atoms with Gasteiger partial charge in [-0.15, -0.1) is 0 Å². The number of ether oxygens (including phenoxy) is 4. The molecule has 2 heterocycles. The molecule has 0 aromatic heterocycles. The van der Waals surface area contributed by atoms with Crippen LogP contribution in [0.5, 0.6) is 0 Å². The summed E-state index contributed by atoms with van der Waals surface area (Å²) in [7, 11) is 0. The van der Waals surface area contributed by atoms with Crippen LogP contribution < -0.4 is 0 Å². The Morgan fingerprint density at radius 3 is 1.80 bits per heavy atom. The van der Waals surface area contributed by atoms with Crippen LogP contribution in [0, 0.1) is 0 Å². The number of carbonyl (C=O) groups is 1. The lowest BCUT2D eigenvalue weighted by molar-refractivity contribution is -0.383. The van der Waals surface area contributed by atoms with Crippen molar-refractivity contribution in [2.45, 2.75) is 152 Å². The van der Waals surface area contributed by atoms with Gasteiger partial charge in [-0.3, -0.25) is 4.79 Å². The van der Waals surface area contributed by atoms with Crippen molar-refractivity contribution in [2.24, 2.45) is 0 Å². The molecule has 7 N–H and O–H groups in total. The number of hydrogen-bond donors (Lipinski definition) is 7.